The van der Waals surface area contributed by atoms with Crippen LogP contribution in [0.4, 0.5) is 21.5 Å². The molecule has 11 nitrogen and oxygen atoms in total. The van der Waals surface area contributed by atoms with Crippen LogP contribution in [-0.2, 0) is 21.2 Å². The average molecular weight is 596 g/mol. The minimum Gasteiger partial charge on any atom is -0.481 e. The van der Waals surface area contributed by atoms with E-state index >= 15 is 0 Å². The van der Waals surface area contributed by atoms with Gasteiger partial charge in [0.2, 0.25) is 10.0 Å². The molecule has 5 rings (SSSR count). The van der Waals surface area contributed by atoms with Crippen LogP contribution in [0.1, 0.15) is 45.8 Å². The number of carbonyl (C=O) groups excluding carboxylic acids is 1. The summed E-state index contributed by atoms with van der Waals surface area (Å²) in [7, 11) is -2.63. The Morgan fingerprint density at radius 3 is 2.38 bits per heavy atom. The Morgan fingerprint density at radius 1 is 1.17 bits per heavy atom. The van der Waals surface area contributed by atoms with Crippen molar-refractivity contribution >= 4 is 49.9 Å². The number of carboxylic acids is 1. The second kappa shape index (κ2) is 10.6. The maximum Gasteiger partial charge on any atom is 0.308 e. The predicted molar refractivity (Wildman–Crippen MR) is 153 cm³/mol. The fourth-order valence-corrected chi connectivity index (χ4v) is 6.22. The number of hydrogen-bond donors (Lipinski definition) is 2. The third-order valence-corrected chi connectivity index (χ3v) is 8.16. The van der Waals surface area contributed by atoms with Gasteiger partial charge >= 0.3 is 5.97 Å². The molecule has 1 fully saturated rings. The lowest BCUT2D eigenvalue weighted by Gasteiger charge is -2.26. The van der Waals surface area contributed by atoms with E-state index in [4.69, 9.17) is 4.42 Å². The van der Waals surface area contributed by atoms with Crippen molar-refractivity contribution in [3.63, 3.8) is 0 Å². The van der Waals surface area contributed by atoms with Crippen LogP contribution in [0.25, 0.3) is 22.3 Å². The summed E-state index contributed by atoms with van der Waals surface area (Å²) in [6.07, 6.45) is 1.81. The zero-order chi connectivity index (χ0) is 30.5. The van der Waals surface area contributed by atoms with Crippen LogP contribution >= 0.6 is 0 Å². The summed E-state index contributed by atoms with van der Waals surface area (Å²) >= 11 is 0. The zero-order valence-electron chi connectivity index (χ0n) is 22.8. The Balaban J connectivity index is 1.80. The molecule has 13 heteroatoms. The van der Waals surface area contributed by atoms with E-state index in [0.717, 1.165) is 23.4 Å². The first-order chi connectivity index (χ1) is 19.8. The van der Waals surface area contributed by atoms with E-state index < -0.39 is 44.7 Å². The maximum absolute atomic E-state index is 13.6. The molecule has 1 aromatic heterocycles. The molecule has 1 aliphatic carbocycles. The minimum absolute atomic E-state index is 0.0231. The SMILES string of the molecule is CNC(=O)c1c(-c2ccc(F)cc2)oc2cc(N(c3cc(C)c([N+](=O)[O-])c(CC(=O)O)c3)S(C)(=O)=O)c(C3CC3)cc12. The molecule has 0 aliphatic heterocycles. The summed E-state index contributed by atoms with van der Waals surface area (Å²) < 4.78 is 47.5. The number of furan rings is 1. The Labute approximate surface area is 239 Å². The Morgan fingerprint density at radius 2 is 1.83 bits per heavy atom. The van der Waals surface area contributed by atoms with Gasteiger partial charge in [-0.25, -0.2) is 17.1 Å². The third-order valence-electron chi connectivity index (χ3n) is 7.09. The zero-order valence-corrected chi connectivity index (χ0v) is 23.6. The number of carbonyl (C=O) groups is 2. The van der Waals surface area contributed by atoms with Crippen LogP contribution in [0.15, 0.2) is 52.9 Å². The molecule has 0 radical (unpaired) electrons. The monoisotopic (exact) mass is 595 g/mol. The number of benzene rings is 3. The molecule has 1 aliphatic rings. The lowest BCUT2D eigenvalue weighted by Crippen LogP contribution is -2.26. The van der Waals surface area contributed by atoms with Crippen molar-refractivity contribution in [2.45, 2.75) is 32.1 Å². The first-order valence-corrected chi connectivity index (χ1v) is 14.7. The summed E-state index contributed by atoms with van der Waals surface area (Å²) in [5.74, 6) is -2.10. The minimum atomic E-state index is -4.09. The van der Waals surface area contributed by atoms with Gasteiger partial charge in [0.15, 0.2) is 0 Å². The molecule has 0 spiro atoms. The van der Waals surface area contributed by atoms with Gasteiger partial charge < -0.3 is 14.8 Å². The largest absolute Gasteiger partial charge is 0.481 e. The fraction of sp³-hybridized carbons (Fsp3) is 0.241. The summed E-state index contributed by atoms with van der Waals surface area (Å²) in [5, 5.41) is 24.2. The fourth-order valence-electron chi connectivity index (χ4n) is 5.22. The normalized spacial score (nSPS) is 13.2. The molecule has 218 valence electrons. The Hall–Kier alpha value is -4.78. The average Bonchev–Trinajstić information content (AvgIpc) is 3.67. The Bertz CT molecular complexity index is 1880. The molecule has 4 aromatic rings. The van der Waals surface area contributed by atoms with Crippen molar-refractivity contribution in [1.29, 1.82) is 0 Å². The van der Waals surface area contributed by atoms with Crippen LogP contribution < -0.4 is 9.62 Å². The lowest BCUT2D eigenvalue weighted by molar-refractivity contribution is -0.386. The number of aliphatic carboxylic acids is 1. The van der Waals surface area contributed by atoms with Gasteiger partial charge in [-0.1, -0.05) is 0 Å². The third kappa shape index (κ3) is 5.30. The number of fused-ring (bicyclic) bond motifs is 1. The molecule has 0 saturated heterocycles. The second-order valence-electron chi connectivity index (χ2n) is 10.2. The number of aryl methyl sites for hydroxylation is 1. The van der Waals surface area contributed by atoms with E-state index in [-0.39, 0.29) is 45.3 Å². The molecule has 0 unspecified atom stereocenters. The summed E-state index contributed by atoms with van der Waals surface area (Å²) in [5.41, 5.74) is 1.21. The van der Waals surface area contributed by atoms with Crippen LogP contribution in [0.5, 0.6) is 0 Å². The maximum atomic E-state index is 13.6. The molecular formula is C29H26FN3O8S. The quantitative estimate of drug-likeness (QED) is 0.192. The van der Waals surface area contributed by atoms with Gasteiger partial charge in [-0.3, -0.25) is 19.7 Å². The lowest BCUT2D eigenvalue weighted by atomic mass is 9.99. The van der Waals surface area contributed by atoms with E-state index in [0.29, 0.717) is 16.5 Å². The predicted octanol–water partition coefficient (Wildman–Crippen LogP) is 5.42. The van der Waals surface area contributed by atoms with Crippen LogP contribution in [0.3, 0.4) is 0 Å². The van der Waals surface area contributed by atoms with E-state index in [1.54, 1.807) is 6.07 Å². The van der Waals surface area contributed by atoms with Gasteiger partial charge in [0.1, 0.15) is 17.2 Å². The second-order valence-corrected chi connectivity index (χ2v) is 12.0. The van der Waals surface area contributed by atoms with Crippen molar-refractivity contribution in [2.24, 2.45) is 0 Å². The van der Waals surface area contributed by atoms with E-state index in [1.807, 2.05) is 0 Å². The van der Waals surface area contributed by atoms with Gasteiger partial charge in [-0.15, -0.1) is 0 Å². The topological polar surface area (TPSA) is 160 Å². The number of hydrogen-bond acceptors (Lipinski definition) is 7. The van der Waals surface area contributed by atoms with Crippen LogP contribution in [0, 0.1) is 22.9 Å². The summed E-state index contributed by atoms with van der Waals surface area (Å²) in [6.45, 7) is 1.41. The number of nitro benzene ring substituents is 1. The van der Waals surface area contributed by atoms with E-state index in [1.165, 1.54) is 56.4 Å². The van der Waals surface area contributed by atoms with Crippen molar-refractivity contribution in [1.82, 2.24) is 5.32 Å². The highest BCUT2D eigenvalue weighted by Crippen LogP contribution is 2.49. The van der Waals surface area contributed by atoms with Gasteiger partial charge in [-0.2, -0.15) is 0 Å². The van der Waals surface area contributed by atoms with Crippen molar-refractivity contribution in [2.75, 3.05) is 17.6 Å². The molecule has 1 saturated carbocycles. The summed E-state index contributed by atoms with van der Waals surface area (Å²) in [6, 6.07) is 11.1. The van der Waals surface area contributed by atoms with Gasteiger partial charge in [-0.05, 0) is 73.7 Å². The number of carboxylic acid groups (broad SMARTS) is 1. The van der Waals surface area contributed by atoms with Crippen molar-refractivity contribution in [3.05, 3.63) is 86.7 Å². The number of nitro groups is 1. The van der Waals surface area contributed by atoms with Gasteiger partial charge in [0.05, 0.1) is 34.5 Å². The van der Waals surface area contributed by atoms with Crippen molar-refractivity contribution < 1.29 is 36.8 Å². The Kier molecular flexibility index (Phi) is 7.23. The van der Waals surface area contributed by atoms with Crippen LogP contribution in [-0.4, -0.2) is 43.6 Å². The highest BCUT2D eigenvalue weighted by molar-refractivity contribution is 7.92. The number of sulfonamides is 1. The van der Waals surface area contributed by atoms with E-state index in [2.05, 4.69) is 5.32 Å². The van der Waals surface area contributed by atoms with Gasteiger partial charge in [0.25, 0.3) is 11.6 Å². The first kappa shape index (κ1) is 28.7. The van der Waals surface area contributed by atoms with E-state index in [9.17, 15) is 37.6 Å². The molecule has 3 aromatic carbocycles. The number of halogens is 1. The number of nitrogens with zero attached hydrogens (tertiary/aromatic N) is 2. The number of anilines is 2. The molecule has 1 amide bonds. The first-order valence-electron chi connectivity index (χ1n) is 12.9. The molecule has 0 atom stereocenters. The standard InChI is InChI=1S/C29H26FN3O8S/c1-15-10-20(11-18(12-25(34)35)27(15)33(37)38)32(42(3,39)40)23-14-24-22(13-21(23)16-4-5-16)26(29(36)31-2)28(41-24)17-6-8-19(30)9-7-17/h6-11,13-14,16H,4-5,12H2,1-3H3,(H,31,36)(H,34,35). The molecule has 1 heterocycles. The van der Waals surface area contributed by atoms with Crippen molar-refractivity contribution in [3.8, 4) is 11.3 Å². The van der Waals surface area contributed by atoms with Gasteiger partial charge in [0, 0.05) is 35.2 Å². The molecular weight excluding hydrogens is 569 g/mol. The summed E-state index contributed by atoms with van der Waals surface area (Å²) in [4.78, 5) is 35.6. The van der Waals surface area contributed by atoms with Crippen LogP contribution in [0.2, 0.25) is 0 Å². The number of rotatable bonds is 9. The molecule has 0 bridgehead atoms. The smallest absolute Gasteiger partial charge is 0.308 e. The number of nitrogens with one attached hydrogen (secondary N) is 1. The molecule has 2 N–H and O–H groups in total. The number of amides is 1. The molecule has 42 heavy (non-hydrogen) atoms. The highest BCUT2D eigenvalue weighted by atomic mass is 32.2. The highest BCUT2D eigenvalue weighted by Gasteiger charge is 2.35.